The Morgan fingerprint density at radius 3 is 2.44 bits per heavy atom. The van der Waals surface area contributed by atoms with Gasteiger partial charge in [0.05, 0.1) is 4.91 Å². The highest BCUT2D eigenvalue weighted by molar-refractivity contribution is 8.26. The Hall–Kier alpha value is -2.64. The first-order chi connectivity index (χ1) is 12.1. The molecule has 0 bridgehead atoms. The third-order valence-electron chi connectivity index (χ3n) is 3.24. The minimum Gasteiger partial charge on any atom is -0.484 e. The fraction of sp³-hybridized carbons (Fsp3) is 0.0556. The van der Waals surface area contributed by atoms with Crippen LogP contribution in [-0.4, -0.2) is 27.8 Å². The largest absolute Gasteiger partial charge is 0.484 e. The van der Waals surface area contributed by atoms with Gasteiger partial charge in [-0.2, -0.15) is 5.01 Å². The Kier molecular flexibility index (Phi) is 5.47. The van der Waals surface area contributed by atoms with E-state index in [0.29, 0.717) is 10.7 Å². The van der Waals surface area contributed by atoms with Crippen molar-refractivity contribution in [1.29, 1.82) is 0 Å². The topological polar surface area (TPSA) is 58.6 Å². The van der Waals surface area contributed by atoms with Crippen LogP contribution in [0.2, 0.25) is 0 Å². The summed E-state index contributed by atoms with van der Waals surface area (Å²) in [5, 5.41) is 1.07. The van der Waals surface area contributed by atoms with Gasteiger partial charge in [0.1, 0.15) is 5.75 Å². The van der Waals surface area contributed by atoms with Crippen molar-refractivity contribution in [3.63, 3.8) is 0 Å². The van der Waals surface area contributed by atoms with Gasteiger partial charge in [-0.25, -0.2) is 0 Å². The Labute approximate surface area is 154 Å². The molecule has 1 aliphatic heterocycles. The number of hydrogen-bond acceptors (Lipinski definition) is 5. The number of ether oxygens (including phenoxy) is 1. The Morgan fingerprint density at radius 1 is 1.12 bits per heavy atom. The van der Waals surface area contributed by atoms with Crippen LogP contribution in [0.4, 0.5) is 0 Å². The van der Waals surface area contributed by atoms with E-state index in [2.05, 4.69) is 5.43 Å². The zero-order chi connectivity index (χ0) is 17.6. The standard InChI is InChI=1S/C18H14N2O3S2/c21-16(12-23-14-9-5-2-6-10-14)19-20-17(22)15(25-18(20)24)11-13-7-3-1-4-8-13/h1-11H,12H2,(H,19,21)/b15-11-. The number of carbonyl (C=O) groups is 2. The van der Waals surface area contributed by atoms with Gasteiger partial charge in [0.2, 0.25) is 0 Å². The maximum Gasteiger partial charge on any atom is 0.285 e. The molecule has 1 fully saturated rings. The fourth-order valence-corrected chi connectivity index (χ4v) is 3.27. The number of carbonyl (C=O) groups excluding carboxylic acids is 2. The van der Waals surface area contributed by atoms with Crippen LogP contribution in [0.3, 0.4) is 0 Å². The summed E-state index contributed by atoms with van der Waals surface area (Å²) < 4.78 is 5.63. The predicted octanol–water partition coefficient (Wildman–Crippen LogP) is 3.00. The van der Waals surface area contributed by atoms with Crippen molar-refractivity contribution >= 4 is 46.2 Å². The van der Waals surface area contributed by atoms with Crippen LogP contribution >= 0.6 is 24.0 Å². The molecule has 7 heteroatoms. The molecule has 0 aromatic heterocycles. The van der Waals surface area contributed by atoms with Gasteiger partial charge in [0, 0.05) is 0 Å². The van der Waals surface area contributed by atoms with E-state index in [4.69, 9.17) is 17.0 Å². The lowest BCUT2D eigenvalue weighted by molar-refractivity contribution is -0.134. The van der Waals surface area contributed by atoms with Crippen molar-refractivity contribution in [2.24, 2.45) is 0 Å². The lowest BCUT2D eigenvalue weighted by Crippen LogP contribution is -2.46. The molecule has 0 radical (unpaired) electrons. The van der Waals surface area contributed by atoms with Crippen molar-refractivity contribution in [2.75, 3.05) is 6.61 Å². The van der Waals surface area contributed by atoms with E-state index >= 15 is 0 Å². The van der Waals surface area contributed by atoms with Gasteiger partial charge in [0.15, 0.2) is 10.9 Å². The second-order valence-electron chi connectivity index (χ2n) is 5.06. The van der Waals surface area contributed by atoms with Crippen LogP contribution in [-0.2, 0) is 9.59 Å². The Balaban J connectivity index is 1.61. The van der Waals surface area contributed by atoms with Crippen LogP contribution in [0.15, 0.2) is 65.6 Å². The van der Waals surface area contributed by atoms with E-state index in [1.54, 1.807) is 18.2 Å². The van der Waals surface area contributed by atoms with E-state index in [1.165, 1.54) is 0 Å². The second kappa shape index (κ2) is 7.96. The smallest absolute Gasteiger partial charge is 0.285 e. The maximum atomic E-state index is 12.4. The molecule has 2 amide bonds. The first kappa shape index (κ1) is 17.2. The number of nitrogens with zero attached hydrogens (tertiary/aromatic N) is 1. The Morgan fingerprint density at radius 2 is 1.76 bits per heavy atom. The molecule has 0 saturated carbocycles. The molecular formula is C18H14N2O3S2. The van der Waals surface area contributed by atoms with Gasteiger partial charge in [-0.3, -0.25) is 15.0 Å². The van der Waals surface area contributed by atoms with E-state index in [9.17, 15) is 9.59 Å². The monoisotopic (exact) mass is 370 g/mol. The first-order valence-electron chi connectivity index (χ1n) is 7.44. The number of amides is 2. The number of thiocarbonyl (C=S) groups is 1. The summed E-state index contributed by atoms with van der Waals surface area (Å²) in [6, 6.07) is 18.4. The number of para-hydroxylation sites is 1. The summed E-state index contributed by atoms with van der Waals surface area (Å²) in [5.74, 6) is -0.236. The van der Waals surface area contributed by atoms with Gasteiger partial charge >= 0.3 is 0 Å². The van der Waals surface area contributed by atoms with Crippen LogP contribution in [0, 0.1) is 0 Å². The normalized spacial score (nSPS) is 15.5. The minimum absolute atomic E-state index is 0.210. The van der Waals surface area contributed by atoms with E-state index in [-0.39, 0.29) is 16.8 Å². The summed E-state index contributed by atoms with van der Waals surface area (Å²) in [5.41, 5.74) is 3.37. The molecule has 0 aliphatic carbocycles. The zero-order valence-electron chi connectivity index (χ0n) is 13.0. The molecule has 0 atom stereocenters. The van der Waals surface area contributed by atoms with E-state index in [1.807, 2.05) is 48.5 Å². The molecule has 2 aromatic rings. The molecule has 2 aromatic carbocycles. The highest BCUT2D eigenvalue weighted by Gasteiger charge is 2.33. The van der Waals surface area contributed by atoms with Gasteiger partial charge in [-0.15, -0.1) is 0 Å². The molecular weight excluding hydrogens is 356 g/mol. The fourth-order valence-electron chi connectivity index (χ4n) is 2.09. The number of benzene rings is 2. The molecule has 5 nitrogen and oxygen atoms in total. The van der Waals surface area contributed by atoms with Crippen molar-refractivity contribution in [3.05, 3.63) is 71.1 Å². The molecule has 1 aliphatic rings. The number of thioether (sulfide) groups is 1. The summed E-state index contributed by atoms with van der Waals surface area (Å²) in [4.78, 5) is 24.9. The van der Waals surface area contributed by atoms with Gasteiger partial charge in [-0.1, -0.05) is 60.3 Å². The number of nitrogens with one attached hydrogen (secondary N) is 1. The number of rotatable bonds is 5. The van der Waals surface area contributed by atoms with Crippen molar-refractivity contribution in [1.82, 2.24) is 10.4 Å². The van der Waals surface area contributed by atoms with Crippen molar-refractivity contribution in [2.45, 2.75) is 0 Å². The lowest BCUT2D eigenvalue weighted by Gasteiger charge is -2.15. The summed E-state index contributed by atoms with van der Waals surface area (Å²) in [6.07, 6.45) is 1.74. The SMILES string of the molecule is O=C(COc1ccccc1)NN1C(=O)/C(=C/c2ccccc2)SC1=S. The molecule has 0 unspecified atom stereocenters. The third-order valence-corrected chi connectivity index (χ3v) is 4.54. The highest BCUT2D eigenvalue weighted by atomic mass is 32.2. The minimum atomic E-state index is -0.457. The van der Waals surface area contributed by atoms with Crippen LogP contribution in [0.1, 0.15) is 5.56 Å². The first-order valence-corrected chi connectivity index (χ1v) is 8.66. The lowest BCUT2D eigenvalue weighted by atomic mass is 10.2. The average molecular weight is 370 g/mol. The van der Waals surface area contributed by atoms with E-state index < -0.39 is 5.91 Å². The van der Waals surface area contributed by atoms with Gasteiger partial charge < -0.3 is 4.74 Å². The predicted molar refractivity (Wildman–Crippen MR) is 102 cm³/mol. The molecule has 126 valence electrons. The highest BCUT2D eigenvalue weighted by Crippen LogP contribution is 2.31. The molecule has 3 rings (SSSR count). The molecule has 1 N–H and O–H groups in total. The van der Waals surface area contributed by atoms with Crippen molar-refractivity contribution < 1.29 is 14.3 Å². The van der Waals surface area contributed by atoms with E-state index in [0.717, 1.165) is 22.3 Å². The van der Waals surface area contributed by atoms with Gasteiger partial charge in [0.25, 0.3) is 11.8 Å². The number of hydrazine groups is 1. The average Bonchev–Trinajstić information content (AvgIpc) is 2.89. The van der Waals surface area contributed by atoms with Crippen molar-refractivity contribution in [3.8, 4) is 5.75 Å². The quantitative estimate of drug-likeness (QED) is 0.648. The number of hydrogen-bond donors (Lipinski definition) is 1. The maximum absolute atomic E-state index is 12.4. The summed E-state index contributed by atoms with van der Waals surface area (Å²) in [7, 11) is 0. The second-order valence-corrected chi connectivity index (χ2v) is 6.74. The molecule has 1 heterocycles. The third kappa shape index (κ3) is 4.46. The zero-order valence-corrected chi connectivity index (χ0v) is 14.7. The Bertz CT molecular complexity index is 823. The van der Waals surface area contributed by atoms with Crippen LogP contribution in [0.5, 0.6) is 5.75 Å². The summed E-state index contributed by atoms with van der Waals surface area (Å²) in [6.45, 7) is -0.210. The molecule has 1 saturated heterocycles. The molecule has 0 spiro atoms. The van der Waals surface area contributed by atoms with Gasteiger partial charge in [-0.05, 0) is 36.0 Å². The van der Waals surface area contributed by atoms with Crippen LogP contribution in [0.25, 0.3) is 6.08 Å². The molecule has 25 heavy (non-hydrogen) atoms. The van der Waals surface area contributed by atoms with Crippen LogP contribution < -0.4 is 10.2 Å². The summed E-state index contributed by atoms with van der Waals surface area (Å²) >= 11 is 6.33.